The molecule has 2 heteroatoms. The van der Waals surface area contributed by atoms with E-state index in [1.54, 1.807) is 7.11 Å². The van der Waals surface area contributed by atoms with Crippen molar-refractivity contribution in [2.24, 2.45) is 0 Å². The summed E-state index contributed by atoms with van der Waals surface area (Å²) in [6, 6.07) is 0.476. The van der Waals surface area contributed by atoms with E-state index in [2.05, 4.69) is 33.0 Å². The minimum absolute atomic E-state index is 0.0518. The molecule has 0 aromatic carbocycles. The van der Waals surface area contributed by atoms with Gasteiger partial charge >= 0.3 is 0 Å². The van der Waals surface area contributed by atoms with E-state index in [-0.39, 0.29) is 5.60 Å². The van der Waals surface area contributed by atoms with E-state index in [1.807, 2.05) is 0 Å². The van der Waals surface area contributed by atoms with Crippen LogP contribution in [0.1, 0.15) is 53.4 Å². The topological polar surface area (TPSA) is 21.3 Å². The van der Waals surface area contributed by atoms with Gasteiger partial charge in [-0.1, -0.05) is 33.1 Å². The maximum absolute atomic E-state index is 5.52. The second kappa shape index (κ2) is 7.24. The summed E-state index contributed by atoms with van der Waals surface area (Å²) in [6.07, 6.45) is 5.11. The number of unbranched alkanes of at least 4 members (excludes halogenated alkanes) is 2. The third-order valence-electron chi connectivity index (χ3n) is 2.91. The van der Waals surface area contributed by atoms with Crippen molar-refractivity contribution in [3.05, 3.63) is 0 Å². The summed E-state index contributed by atoms with van der Waals surface area (Å²) in [6.45, 7) is 9.73. The van der Waals surface area contributed by atoms with Crippen LogP contribution in [0.15, 0.2) is 0 Å². The maximum atomic E-state index is 5.52. The second-order valence-electron chi connectivity index (χ2n) is 4.41. The highest BCUT2D eigenvalue weighted by Gasteiger charge is 2.27. The molecule has 1 N–H and O–H groups in total. The van der Waals surface area contributed by atoms with Crippen LogP contribution in [0.3, 0.4) is 0 Å². The van der Waals surface area contributed by atoms with E-state index >= 15 is 0 Å². The molecule has 0 saturated carbocycles. The molecule has 0 aromatic heterocycles. The van der Waals surface area contributed by atoms with Crippen molar-refractivity contribution in [1.82, 2.24) is 5.32 Å². The van der Waals surface area contributed by atoms with Gasteiger partial charge in [0.2, 0.25) is 0 Å². The van der Waals surface area contributed by atoms with Crippen molar-refractivity contribution in [2.45, 2.75) is 65.0 Å². The first-order valence-corrected chi connectivity index (χ1v) is 5.87. The fraction of sp³-hybridized carbons (Fsp3) is 1.00. The van der Waals surface area contributed by atoms with E-state index in [9.17, 15) is 0 Å². The van der Waals surface area contributed by atoms with Gasteiger partial charge in [-0.2, -0.15) is 0 Å². The van der Waals surface area contributed by atoms with Gasteiger partial charge in [-0.25, -0.2) is 0 Å². The zero-order valence-electron chi connectivity index (χ0n) is 10.5. The van der Waals surface area contributed by atoms with E-state index in [1.165, 1.54) is 25.7 Å². The molecule has 0 fully saturated rings. The highest BCUT2D eigenvalue weighted by atomic mass is 16.5. The minimum Gasteiger partial charge on any atom is -0.377 e. The van der Waals surface area contributed by atoms with Gasteiger partial charge in [0.1, 0.15) is 0 Å². The minimum atomic E-state index is -0.0518. The highest BCUT2D eigenvalue weighted by molar-refractivity contribution is 4.84. The monoisotopic (exact) mass is 201 g/mol. The lowest BCUT2D eigenvalue weighted by atomic mass is 9.93. The molecule has 14 heavy (non-hydrogen) atoms. The van der Waals surface area contributed by atoms with Crippen LogP contribution in [0, 0.1) is 0 Å². The molecule has 0 rings (SSSR count). The Balaban J connectivity index is 4.00. The van der Waals surface area contributed by atoms with Crippen molar-refractivity contribution in [2.75, 3.05) is 13.7 Å². The van der Waals surface area contributed by atoms with Crippen molar-refractivity contribution < 1.29 is 4.74 Å². The predicted molar refractivity (Wildman–Crippen MR) is 62.7 cm³/mol. The first-order valence-electron chi connectivity index (χ1n) is 5.87. The smallest absolute Gasteiger partial charge is 0.0774 e. The Morgan fingerprint density at radius 1 is 1.21 bits per heavy atom. The van der Waals surface area contributed by atoms with Crippen molar-refractivity contribution in [1.29, 1.82) is 0 Å². The molecular formula is C12H27NO. The molecule has 1 atom stereocenters. The number of rotatable bonds is 8. The maximum Gasteiger partial charge on any atom is 0.0774 e. The molecule has 2 nitrogen and oxygen atoms in total. The molecule has 0 aromatic rings. The number of hydrogen-bond acceptors (Lipinski definition) is 2. The molecule has 86 valence electrons. The van der Waals surface area contributed by atoms with Crippen LogP contribution in [-0.4, -0.2) is 25.3 Å². The van der Waals surface area contributed by atoms with Gasteiger partial charge in [-0.15, -0.1) is 0 Å². The van der Waals surface area contributed by atoms with Crippen molar-refractivity contribution in [3.8, 4) is 0 Å². The third-order valence-corrected chi connectivity index (χ3v) is 2.91. The second-order valence-corrected chi connectivity index (χ2v) is 4.41. The first-order chi connectivity index (χ1) is 6.58. The van der Waals surface area contributed by atoms with Crippen LogP contribution in [-0.2, 0) is 4.74 Å². The summed E-state index contributed by atoms with van der Waals surface area (Å²) >= 11 is 0. The normalized spacial score (nSPS) is 14.4. The lowest BCUT2D eigenvalue weighted by Crippen LogP contribution is -2.48. The fourth-order valence-corrected chi connectivity index (χ4v) is 1.68. The van der Waals surface area contributed by atoms with Crippen LogP contribution >= 0.6 is 0 Å². The summed E-state index contributed by atoms with van der Waals surface area (Å²) in [5.74, 6) is 0. The fourth-order valence-electron chi connectivity index (χ4n) is 1.68. The largest absolute Gasteiger partial charge is 0.377 e. The summed E-state index contributed by atoms with van der Waals surface area (Å²) in [4.78, 5) is 0. The zero-order valence-corrected chi connectivity index (χ0v) is 10.5. The lowest BCUT2D eigenvalue weighted by molar-refractivity contribution is -0.0127. The Morgan fingerprint density at radius 3 is 2.29 bits per heavy atom. The summed E-state index contributed by atoms with van der Waals surface area (Å²) in [5, 5.41) is 3.51. The van der Waals surface area contributed by atoms with E-state index < -0.39 is 0 Å². The molecule has 0 spiro atoms. The Morgan fingerprint density at radius 2 is 1.86 bits per heavy atom. The van der Waals surface area contributed by atoms with Gasteiger partial charge in [0.15, 0.2) is 0 Å². The first kappa shape index (κ1) is 13.9. The third kappa shape index (κ3) is 4.97. The Kier molecular flexibility index (Phi) is 7.20. The molecule has 0 bridgehead atoms. The van der Waals surface area contributed by atoms with Crippen LogP contribution in [0.4, 0.5) is 0 Å². The number of ether oxygens (including phenoxy) is 1. The Hall–Kier alpha value is -0.0800. The van der Waals surface area contributed by atoms with Gasteiger partial charge in [0.05, 0.1) is 5.60 Å². The molecule has 1 unspecified atom stereocenters. The number of nitrogens with one attached hydrogen (secondary N) is 1. The molecular weight excluding hydrogens is 174 g/mol. The predicted octanol–water partition coefficient (Wildman–Crippen LogP) is 2.97. The molecule has 0 heterocycles. The average molecular weight is 201 g/mol. The van der Waals surface area contributed by atoms with Crippen LogP contribution < -0.4 is 5.32 Å². The van der Waals surface area contributed by atoms with Gasteiger partial charge in [0, 0.05) is 13.2 Å². The standard InChI is InChI=1S/C12H27NO/c1-6-8-9-10-11(13-7-2)12(3,4)14-5/h11,13H,6-10H2,1-5H3. The van der Waals surface area contributed by atoms with E-state index in [4.69, 9.17) is 4.74 Å². The van der Waals surface area contributed by atoms with Crippen LogP contribution in [0.2, 0.25) is 0 Å². The highest BCUT2D eigenvalue weighted by Crippen LogP contribution is 2.19. The summed E-state index contributed by atoms with van der Waals surface area (Å²) in [7, 11) is 1.80. The van der Waals surface area contributed by atoms with Crippen LogP contribution in [0.5, 0.6) is 0 Å². The number of hydrogen-bond donors (Lipinski definition) is 1. The Labute approximate surface area is 89.4 Å². The molecule has 0 saturated heterocycles. The number of likely N-dealkylation sites (N-methyl/N-ethyl adjacent to an activating group) is 1. The summed E-state index contributed by atoms with van der Waals surface area (Å²) in [5.41, 5.74) is -0.0518. The molecule has 0 radical (unpaired) electrons. The van der Waals surface area contributed by atoms with Gasteiger partial charge in [0.25, 0.3) is 0 Å². The molecule has 0 amide bonds. The zero-order chi connectivity index (χ0) is 11.0. The van der Waals surface area contributed by atoms with Crippen molar-refractivity contribution in [3.63, 3.8) is 0 Å². The number of methoxy groups -OCH3 is 1. The summed E-state index contributed by atoms with van der Waals surface area (Å²) < 4.78 is 5.52. The molecule has 0 aliphatic rings. The Bertz CT molecular complexity index is 134. The van der Waals surface area contributed by atoms with Crippen molar-refractivity contribution >= 4 is 0 Å². The molecule has 0 aliphatic carbocycles. The van der Waals surface area contributed by atoms with Gasteiger partial charge in [-0.3, -0.25) is 0 Å². The van der Waals surface area contributed by atoms with E-state index in [0.717, 1.165) is 6.54 Å². The molecule has 0 aliphatic heterocycles. The van der Waals surface area contributed by atoms with Gasteiger partial charge in [-0.05, 0) is 26.8 Å². The van der Waals surface area contributed by atoms with Crippen LogP contribution in [0.25, 0.3) is 0 Å². The quantitative estimate of drug-likeness (QED) is 0.610. The van der Waals surface area contributed by atoms with Gasteiger partial charge < -0.3 is 10.1 Å². The average Bonchev–Trinajstić information content (AvgIpc) is 2.17. The lowest BCUT2D eigenvalue weighted by Gasteiger charge is -2.33. The SMILES string of the molecule is CCCCCC(NCC)C(C)(C)OC. The van der Waals surface area contributed by atoms with E-state index in [0.29, 0.717) is 6.04 Å².